The lowest BCUT2D eigenvalue weighted by Crippen LogP contribution is -2.38. The molecule has 0 aliphatic heterocycles. The van der Waals surface area contributed by atoms with Gasteiger partial charge in [0.2, 0.25) is 0 Å². The molecule has 28 heavy (non-hydrogen) atoms. The first-order valence-corrected chi connectivity index (χ1v) is 8.50. The van der Waals surface area contributed by atoms with E-state index in [9.17, 15) is 19.2 Å². The number of hydrogen-bond donors (Lipinski definition) is 0. The van der Waals surface area contributed by atoms with E-state index in [2.05, 4.69) is 9.47 Å². The lowest BCUT2D eigenvalue weighted by atomic mass is 9.88. The highest BCUT2D eigenvalue weighted by atomic mass is 16.6. The van der Waals surface area contributed by atoms with Crippen LogP contribution in [0.3, 0.4) is 0 Å². The van der Waals surface area contributed by atoms with Crippen LogP contribution in [0.2, 0.25) is 0 Å². The molecule has 9 nitrogen and oxygen atoms in total. The van der Waals surface area contributed by atoms with E-state index in [0.717, 1.165) is 12.2 Å². The van der Waals surface area contributed by atoms with Gasteiger partial charge in [-0.15, -0.1) is 0 Å². The third-order valence-corrected chi connectivity index (χ3v) is 3.93. The molecule has 0 unspecified atom stereocenters. The van der Waals surface area contributed by atoms with Crippen molar-refractivity contribution in [3.63, 3.8) is 0 Å². The van der Waals surface area contributed by atoms with Gasteiger partial charge < -0.3 is 23.7 Å². The summed E-state index contributed by atoms with van der Waals surface area (Å²) in [7, 11) is 3.87. The van der Waals surface area contributed by atoms with Crippen LogP contribution in [-0.2, 0) is 42.9 Å². The molecule has 9 heteroatoms. The Morgan fingerprint density at radius 1 is 0.750 bits per heavy atom. The third-order valence-electron chi connectivity index (χ3n) is 3.93. The standard InChI is InChI=1S/C19H28O9/c1-7-19(10-24-4,11-27-17(22)13(2)8-15(20)25-5)12-28-18(23)14(3)9-16(21)26-6/h8-9H,7,10-12H2,1-6H3/b13-8+,14-9+. The van der Waals surface area contributed by atoms with Crippen molar-refractivity contribution in [3.8, 4) is 0 Å². The van der Waals surface area contributed by atoms with Gasteiger partial charge in [0.15, 0.2) is 0 Å². The lowest BCUT2D eigenvalue weighted by molar-refractivity contribution is -0.153. The van der Waals surface area contributed by atoms with Gasteiger partial charge >= 0.3 is 23.9 Å². The second kappa shape index (κ2) is 12.7. The van der Waals surface area contributed by atoms with Crippen LogP contribution in [0, 0.1) is 5.41 Å². The summed E-state index contributed by atoms with van der Waals surface area (Å²) in [6.45, 7) is 4.62. The Kier molecular flexibility index (Phi) is 11.4. The summed E-state index contributed by atoms with van der Waals surface area (Å²) >= 11 is 0. The highest BCUT2D eigenvalue weighted by Crippen LogP contribution is 2.25. The highest BCUT2D eigenvalue weighted by Gasteiger charge is 2.33. The van der Waals surface area contributed by atoms with E-state index in [1.807, 2.05) is 6.92 Å². The van der Waals surface area contributed by atoms with E-state index in [1.165, 1.54) is 35.2 Å². The van der Waals surface area contributed by atoms with Crippen molar-refractivity contribution in [2.75, 3.05) is 41.2 Å². The zero-order valence-electron chi connectivity index (χ0n) is 17.2. The van der Waals surface area contributed by atoms with Crippen molar-refractivity contribution in [3.05, 3.63) is 23.3 Å². The number of esters is 4. The number of methoxy groups -OCH3 is 3. The lowest BCUT2D eigenvalue weighted by Gasteiger charge is -2.30. The van der Waals surface area contributed by atoms with Crippen LogP contribution in [0.5, 0.6) is 0 Å². The molecule has 0 heterocycles. The fourth-order valence-corrected chi connectivity index (χ4v) is 1.99. The number of hydrogen-bond acceptors (Lipinski definition) is 9. The van der Waals surface area contributed by atoms with E-state index in [0.29, 0.717) is 6.42 Å². The molecule has 0 aromatic heterocycles. The first-order valence-electron chi connectivity index (χ1n) is 8.50. The van der Waals surface area contributed by atoms with E-state index < -0.39 is 29.3 Å². The maximum absolute atomic E-state index is 12.1. The number of carbonyl (C=O) groups is 4. The Morgan fingerprint density at radius 3 is 1.43 bits per heavy atom. The third kappa shape index (κ3) is 8.81. The van der Waals surface area contributed by atoms with Gasteiger partial charge in [-0.1, -0.05) is 6.92 Å². The van der Waals surface area contributed by atoms with E-state index >= 15 is 0 Å². The summed E-state index contributed by atoms with van der Waals surface area (Å²) in [4.78, 5) is 46.5. The van der Waals surface area contributed by atoms with Crippen LogP contribution < -0.4 is 0 Å². The molecule has 0 saturated carbocycles. The number of rotatable bonds is 11. The molecule has 0 bridgehead atoms. The monoisotopic (exact) mass is 400 g/mol. The van der Waals surface area contributed by atoms with E-state index in [1.54, 1.807) is 0 Å². The molecular weight excluding hydrogens is 372 g/mol. The minimum Gasteiger partial charge on any atom is -0.466 e. The van der Waals surface area contributed by atoms with Gasteiger partial charge in [-0.05, 0) is 20.3 Å². The summed E-state index contributed by atoms with van der Waals surface area (Å²) in [5.74, 6) is -2.75. The SMILES string of the molecule is CCC(COC)(COC(=O)/C(C)=C/C(=O)OC)COC(=O)/C(C)=C/C(=O)OC. The molecule has 0 atom stereocenters. The molecule has 0 aliphatic rings. The average Bonchev–Trinajstić information content (AvgIpc) is 2.68. The number of ether oxygens (including phenoxy) is 5. The molecule has 0 aromatic rings. The average molecular weight is 400 g/mol. The van der Waals surface area contributed by atoms with Crippen LogP contribution in [0.15, 0.2) is 23.3 Å². The molecule has 0 radical (unpaired) electrons. The van der Waals surface area contributed by atoms with Gasteiger partial charge in [0.05, 0.1) is 26.2 Å². The molecule has 0 aliphatic carbocycles. The quantitative estimate of drug-likeness (QED) is 0.288. The predicted octanol–water partition coefficient (Wildman–Crippen LogP) is 1.35. The van der Waals surface area contributed by atoms with Crippen molar-refractivity contribution in [1.29, 1.82) is 0 Å². The predicted molar refractivity (Wildman–Crippen MR) is 98.1 cm³/mol. The Labute approximate surface area is 164 Å². The van der Waals surface area contributed by atoms with E-state index in [4.69, 9.17) is 14.2 Å². The van der Waals surface area contributed by atoms with Crippen molar-refractivity contribution < 1.29 is 42.9 Å². The van der Waals surface area contributed by atoms with Gasteiger partial charge in [0, 0.05) is 30.4 Å². The van der Waals surface area contributed by atoms with Crippen LogP contribution in [0.1, 0.15) is 27.2 Å². The van der Waals surface area contributed by atoms with Gasteiger partial charge in [-0.3, -0.25) is 0 Å². The minimum atomic E-state index is -0.794. The Morgan fingerprint density at radius 2 is 1.14 bits per heavy atom. The zero-order chi connectivity index (χ0) is 21.7. The zero-order valence-corrected chi connectivity index (χ0v) is 17.2. The molecule has 0 aromatic carbocycles. The molecule has 0 rings (SSSR count). The minimum absolute atomic E-state index is 0.0723. The smallest absolute Gasteiger partial charge is 0.333 e. The van der Waals surface area contributed by atoms with Crippen LogP contribution >= 0.6 is 0 Å². The second-order valence-electron chi connectivity index (χ2n) is 6.14. The maximum atomic E-state index is 12.1. The highest BCUT2D eigenvalue weighted by molar-refractivity contribution is 5.96. The van der Waals surface area contributed by atoms with Crippen molar-refractivity contribution >= 4 is 23.9 Å². The summed E-state index contributed by atoms with van der Waals surface area (Å²) < 4.78 is 24.6. The van der Waals surface area contributed by atoms with Crippen molar-refractivity contribution in [1.82, 2.24) is 0 Å². The Bertz CT molecular complexity index is 583. The first-order chi connectivity index (χ1) is 13.1. The maximum Gasteiger partial charge on any atom is 0.333 e. The fraction of sp³-hybridized carbons (Fsp3) is 0.579. The van der Waals surface area contributed by atoms with Gasteiger partial charge in [0.1, 0.15) is 13.2 Å². The topological polar surface area (TPSA) is 114 Å². The molecule has 0 N–H and O–H groups in total. The van der Waals surface area contributed by atoms with Crippen LogP contribution in [0.4, 0.5) is 0 Å². The first kappa shape index (κ1) is 25.3. The molecule has 158 valence electrons. The van der Waals surface area contributed by atoms with Crippen molar-refractivity contribution in [2.24, 2.45) is 5.41 Å². The van der Waals surface area contributed by atoms with Gasteiger partial charge in [-0.2, -0.15) is 0 Å². The fourth-order valence-electron chi connectivity index (χ4n) is 1.99. The van der Waals surface area contributed by atoms with Gasteiger partial charge in [-0.25, -0.2) is 19.2 Å². The number of carbonyl (C=O) groups excluding carboxylic acids is 4. The molecule has 0 spiro atoms. The Hall–Kier alpha value is -2.68. The molecule has 0 saturated heterocycles. The molecule has 0 fully saturated rings. The van der Waals surface area contributed by atoms with Crippen LogP contribution in [0.25, 0.3) is 0 Å². The molecular formula is C19H28O9. The summed E-state index contributed by atoms with van der Waals surface area (Å²) in [5, 5.41) is 0. The largest absolute Gasteiger partial charge is 0.466 e. The van der Waals surface area contributed by atoms with Crippen molar-refractivity contribution in [2.45, 2.75) is 27.2 Å². The van der Waals surface area contributed by atoms with Crippen LogP contribution in [-0.4, -0.2) is 65.0 Å². The van der Waals surface area contributed by atoms with E-state index in [-0.39, 0.29) is 31.0 Å². The normalized spacial score (nSPS) is 12.2. The summed E-state index contributed by atoms with van der Waals surface area (Å²) in [6, 6.07) is 0. The summed E-state index contributed by atoms with van der Waals surface area (Å²) in [5.41, 5.74) is -0.650. The molecule has 0 amide bonds. The Balaban J connectivity index is 5.09. The second-order valence-corrected chi connectivity index (χ2v) is 6.14. The van der Waals surface area contributed by atoms with Gasteiger partial charge in [0.25, 0.3) is 0 Å². The summed E-state index contributed by atoms with van der Waals surface area (Å²) in [6.07, 6.45) is 2.52.